The van der Waals surface area contributed by atoms with Gasteiger partial charge in [-0.1, -0.05) is 26.0 Å². The van der Waals surface area contributed by atoms with Gasteiger partial charge in [0.05, 0.1) is 6.61 Å². The van der Waals surface area contributed by atoms with Gasteiger partial charge in [0.25, 0.3) is 0 Å². The van der Waals surface area contributed by atoms with Crippen molar-refractivity contribution in [3.63, 3.8) is 0 Å². The van der Waals surface area contributed by atoms with E-state index < -0.39 is 0 Å². The van der Waals surface area contributed by atoms with Crippen molar-refractivity contribution in [2.75, 3.05) is 6.61 Å². The molecule has 1 atom stereocenters. The largest absolute Gasteiger partial charge is 0.494 e. The van der Waals surface area contributed by atoms with E-state index in [1.807, 2.05) is 45.0 Å². The second-order valence-electron chi connectivity index (χ2n) is 4.00. The normalized spacial score (nSPS) is 12.2. The maximum Gasteiger partial charge on any atom is 0.135 e. The molecule has 1 unspecified atom stereocenters. The molecule has 1 aromatic carbocycles. The molecule has 0 aliphatic carbocycles. The number of ketones is 1. The van der Waals surface area contributed by atoms with Gasteiger partial charge in [0.2, 0.25) is 0 Å². The Bertz CT molecular complexity index is 327. The van der Waals surface area contributed by atoms with Gasteiger partial charge in [0.1, 0.15) is 11.5 Å². The summed E-state index contributed by atoms with van der Waals surface area (Å²) in [5.74, 6) is 1.33. The summed E-state index contributed by atoms with van der Waals surface area (Å²) in [6, 6.07) is 7.98. The molecule has 0 saturated carbocycles. The summed E-state index contributed by atoms with van der Waals surface area (Å²) in [6.07, 6.45) is 1.44. The second kappa shape index (κ2) is 6.31. The van der Waals surface area contributed by atoms with Gasteiger partial charge in [0.15, 0.2) is 0 Å². The number of benzene rings is 1. The zero-order valence-corrected chi connectivity index (χ0v) is 10.3. The summed E-state index contributed by atoms with van der Waals surface area (Å²) >= 11 is 0. The van der Waals surface area contributed by atoms with Gasteiger partial charge in [-0.05, 0) is 31.0 Å². The molecular formula is C14H20O2. The minimum atomic E-state index is 0.114. The first-order valence-corrected chi connectivity index (χ1v) is 5.91. The highest BCUT2D eigenvalue weighted by Gasteiger charge is 2.11. The fourth-order valence-corrected chi connectivity index (χ4v) is 1.70. The minimum absolute atomic E-state index is 0.114. The van der Waals surface area contributed by atoms with E-state index in [2.05, 4.69) is 0 Å². The molecule has 0 bridgehead atoms. The lowest BCUT2D eigenvalue weighted by atomic mass is 9.96. The van der Waals surface area contributed by atoms with Crippen molar-refractivity contribution in [3.05, 3.63) is 29.8 Å². The lowest BCUT2D eigenvalue weighted by molar-refractivity contribution is -0.122. The smallest absolute Gasteiger partial charge is 0.135 e. The quantitative estimate of drug-likeness (QED) is 0.735. The summed E-state index contributed by atoms with van der Waals surface area (Å²) < 4.78 is 5.37. The van der Waals surface area contributed by atoms with Crippen LogP contribution in [0.1, 0.15) is 32.8 Å². The van der Waals surface area contributed by atoms with Crippen molar-refractivity contribution in [1.29, 1.82) is 0 Å². The van der Waals surface area contributed by atoms with Crippen molar-refractivity contribution in [3.8, 4) is 5.75 Å². The molecule has 2 nitrogen and oxygen atoms in total. The van der Waals surface area contributed by atoms with E-state index in [0.717, 1.165) is 12.2 Å². The number of hydrogen-bond donors (Lipinski definition) is 0. The first-order chi connectivity index (χ1) is 7.67. The molecule has 0 fully saturated rings. The monoisotopic (exact) mass is 220 g/mol. The van der Waals surface area contributed by atoms with Crippen LogP contribution in [0.5, 0.6) is 5.75 Å². The molecule has 0 radical (unpaired) electrons. The van der Waals surface area contributed by atoms with Crippen LogP contribution in [0, 0.1) is 5.92 Å². The summed E-state index contributed by atoms with van der Waals surface area (Å²) in [6.45, 7) is 6.55. The van der Waals surface area contributed by atoms with E-state index in [9.17, 15) is 4.79 Å². The van der Waals surface area contributed by atoms with Crippen molar-refractivity contribution in [2.45, 2.75) is 33.6 Å². The first-order valence-electron chi connectivity index (χ1n) is 5.91. The van der Waals surface area contributed by atoms with E-state index >= 15 is 0 Å². The van der Waals surface area contributed by atoms with Crippen LogP contribution in [0.3, 0.4) is 0 Å². The topological polar surface area (TPSA) is 26.3 Å². The molecular weight excluding hydrogens is 200 g/mol. The Kier molecular flexibility index (Phi) is 5.03. The zero-order chi connectivity index (χ0) is 12.0. The van der Waals surface area contributed by atoms with Gasteiger partial charge in [-0.15, -0.1) is 0 Å². The Hall–Kier alpha value is -1.31. The summed E-state index contributed by atoms with van der Waals surface area (Å²) in [7, 11) is 0. The SMILES string of the molecule is CCOc1ccc(CC(C)C(=O)CC)cc1. The van der Waals surface area contributed by atoms with Gasteiger partial charge >= 0.3 is 0 Å². The van der Waals surface area contributed by atoms with Crippen LogP contribution in [-0.2, 0) is 11.2 Å². The molecule has 1 aromatic rings. The van der Waals surface area contributed by atoms with E-state index in [-0.39, 0.29) is 5.92 Å². The molecule has 1 rings (SSSR count). The number of ether oxygens (including phenoxy) is 1. The predicted octanol–water partition coefficient (Wildman–Crippen LogP) is 3.24. The van der Waals surface area contributed by atoms with E-state index in [1.165, 1.54) is 5.56 Å². The van der Waals surface area contributed by atoms with Crippen molar-refractivity contribution >= 4 is 5.78 Å². The maximum atomic E-state index is 11.5. The standard InChI is InChI=1S/C14H20O2/c1-4-14(15)11(3)10-12-6-8-13(9-7-12)16-5-2/h6-9,11H,4-5,10H2,1-3H3. The van der Waals surface area contributed by atoms with Crippen molar-refractivity contribution < 1.29 is 9.53 Å². The number of Topliss-reactive ketones (excluding diaryl/α,β-unsaturated/α-hetero) is 1. The lowest BCUT2D eigenvalue weighted by Crippen LogP contribution is -2.12. The molecule has 0 saturated heterocycles. The van der Waals surface area contributed by atoms with Crippen LogP contribution < -0.4 is 4.74 Å². The molecule has 0 heterocycles. The van der Waals surface area contributed by atoms with Gasteiger partial charge in [-0.25, -0.2) is 0 Å². The van der Waals surface area contributed by atoms with E-state index in [0.29, 0.717) is 18.8 Å². The number of hydrogen-bond acceptors (Lipinski definition) is 2. The molecule has 0 aromatic heterocycles. The second-order valence-corrected chi connectivity index (χ2v) is 4.00. The molecule has 0 aliphatic heterocycles. The van der Waals surface area contributed by atoms with E-state index in [4.69, 9.17) is 4.74 Å². The fraction of sp³-hybridized carbons (Fsp3) is 0.500. The molecule has 88 valence electrons. The third kappa shape index (κ3) is 3.69. The van der Waals surface area contributed by atoms with Crippen LogP contribution >= 0.6 is 0 Å². The van der Waals surface area contributed by atoms with Gasteiger partial charge in [-0.2, -0.15) is 0 Å². The molecule has 2 heteroatoms. The summed E-state index contributed by atoms with van der Waals surface area (Å²) in [4.78, 5) is 11.5. The maximum absolute atomic E-state index is 11.5. The predicted molar refractivity (Wildman–Crippen MR) is 65.8 cm³/mol. The summed E-state index contributed by atoms with van der Waals surface area (Å²) in [5.41, 5.74) is 1.19. The summed E-state index contributed by atoms with van der Waals surface area (Å²) in [5, 5.41) is 0. The lowest BCUT2D eigenvalue weighted by Gasteiger charge is -2.09. The van der Waals surface area contributed by atoms with Crippen molar-refractivity contribution in [1.82, 2.24) is 0 Å². The van der Waals surface area contributed by atoms with Gasteiger partial charge in [0, 0.05) is 12.3 Å². The molecule has 0 aliphatic rings. The van der Waals surface area contributed by atoms with Crippen LogP contribution in [0.25, 0.3) is 0 Å². The Balaban J connectivity index is 2.58. The number of carbonyl (C=O) groups is 1. The minimum Gasteiger partial charge on any atom is -0.494 e. The Morgan fingerprint density at radius 3 is 2.38 bits per heavy atom. The fourth-order valence-electron chi connectivity index (χ4n) is 1.70. The highest BCUT2D eigenvalue weighted by molar-refractivity contribution is 5.80. The van der Waals surface area contributed by atoms with E-state index in [1.54, 1.807) is 0 Å². The molecule has 0 N–H and O–H groups in total. The molecule has 0 spiro atoms. The average molecular weight is 220 g/mol. The highest BCUT2D eigenvalue weighted by Crippen LogP contribution is 2.16. The Morgan fingerprint density at radius 1 is 1.25 bits per heavy atom. The Labute approximate surface area is 97.6 Å². The van der Waals surface area contributed by atoms with Gasteiger partial charge in [-0.3, -0.25) is 4.79 Å². The first kappa shape index (κ1) is 12.8. The molecule has 16 heavy (non-hydrogen) atoms. The van der Waals surface area contributed by atoms with Crippen LogP contribution in [-0.4, -0.2) is 12.4 Å². The highest BCUT2D eigenvalue weighted by atomic mass is 16.5. The average Bonchev–Trinajstić information content (AvgIpc) is 2.31. The van der Waals surface area contributed by atoms with Crippen LogP contribution in [0.15, 0.2) is 24.3 Å². The van der Waals surface area contributed by atoms with Crippen LogP contribution in [0.2, 0.25) is 0 Å². The zero-order valence-electron chi connectivity index (χ0n) is 10.3. The molecule has 0 amide bonds. The van der Waals surface area contributed by atoms with Crippen molar-refractivity contribution in [2.24, 2.45) is 5.92 Å². The number of carbonyl (C=O) groups excluding carboxylic acids is 1. The third-order valence-corrected chi connectivity index (χ3v) is 2.67. The Morgan fingerprint density at radius 2 is 1.88 bits per heavy atom. The van der Waals surface area contributed by atoms with Gasteiger partial charge < -0.3 is 4.74 Å². The van der Waals surface area contributed by atoms with Crippen LogP contribution in [0.4, 0.5) is 0 Å². The third-order valence-electron chi connectivity index (χ3n) is 2.67. The number of rotatable bonds is 6.